The van der Waals surface area contributed by atoms with Crippen LogP contribution in [0.1, 0.15) is 38.6 Å². The fourth-order valence-electron chi connectivity index (χ4n) is 3.03. The van der Waals surface area contributed by atoms with Crippen LogP contribution in [0, 0.1) is 5.92 Å². The number of carbonyl (C=O) groups is 1. The molecule has 3 N–H and O–H groups in total. The van der Waals surface area contributed by atoms with Gasteiger partial charge in [0, 0.05) is 13.1 Å². The number of rotatable bonds is 3. The number of para-hydroxylation sites is 2. The van der Waals surface area contributed by atoms with Gasteiger partial charge in [-0.2, -0.15) is 0 Å². The average molecular weight is 316 g/mol. The van der Waals surface area contributed by atoms with Gasteiger partial charge in [-0.05, 0) is 30.9 Å². The van der Waals surface area contributed by atoms with Crippen LogP contribution in [-0.2, 0) is 0 Å². The monoisotopic (exact) mass is 316 g/mol. The van der Waals surface area contributed by atoms with Crippen LogP contribution < -0.4 is 5.32 Å². The summed E-state index contributed by atoms with van der Waals surface area (Å²) in [6.07, 6.45) is 1.19. The molecule has 0 spiro atoms. The number of H-pyrrole nitrogens is 1. The van der Waals surface area contributed by atoms with Crippen molar-refractivity contribution >= 4 is 17.1 Å². The summed E-state index contributed by atoms with van der Waals surface area (Å²) in [6.45, 7) is 5.21. The van der Waals surface area contributed by atoms with Crippen molar-refractivity contribution in [3.8, 4) is 0 Å². The molecule has 0 radical (unpaired) electrons. The Bertz CT molecular complexity index is 649. The molecule has 6 heteroatoms. The molecule has 3 rings (SSSR count). The van der Waals surface area contributed by atoms with E-state index in [9.17, 15) is 9.90 Å². The number of β-amino-alcohol motifs (C(OH)–C–C–N with tert-alkyl or cyclic N) is 1. The summed E-state index contributed by atoms with van der Waals surface area (Å²) >= 11 is 0. The Balaban J connectivity index is 1.77. The normalized spacial score (nSPS) is 20.0. The highest BCUT2D eigenvalue weighted by Crippen LogP contribution is 2.23. The van der Waals surface area contributed by atoms with E-state index in [-0.39, 0.29) is 18.0 Å². The summed E-state index contributed by atoms with van der Waals surface area (Å²) in [5.74, 6) is 0.973. The number of fused-ring (bicyclic) bond motifs is 1. The quantitative estimate of drug-likeness (QED) is 0.813. The first-order valence-corrected chi connectivity index (χ1v) is 8.22. The molecular formula is C17H24N4O2. The topological polar surface area (TPSA) is 81.2 Å². The zero-order valence-corrected chi connectivity index (χ0v) is 13.6. The Labute approximate surface area is 135 Å². The SMILES string of the molecule is CC(C)[C@H](NC(=O)N1CCC[C@@H](O)C1)c1nc2ccccc2[nH]1. The second-order valence-corrected chi connectivity index (χ2v) is 6.55. The van der Waals surface area contributed by atoms with E-state index in [1.54, 1.807) is 4.90 Å². The molecule has 1 fully saturated rings. The zero-order chi connectivity index (χ0) is 16.4. The molecule has 2 atom stereocenters. The maximum absolute atomic E-state index is 12.5. The standard InChI is InChI=1S/C17H24N4O2/c1-11(2)15(16-18-13-7-3-4-8-14(13)19-16)20-17(23)21-9-5-6-12(22)10-21/h3-4,7-8,11-12,15,22H,5-6,9-10H2,1-2H3,(H,18,19)(H,20,23)/t12-,15+/m1/s1. The molecule has 0 unspecified atom stereocenters. The van der Waals surface area contributed by atoms with E-state index in [1.165, 1.54) is 0 Å². The van der Waals surface area contributed by atoms with E-state index in [4.69, 9.17) is 0 Å². The molecule has 2 aromatic rings. The van der Waals surface area contributed by atoms with Gasteiger partial charge in [-0.1, -0.05) is 26.0 Å². The number of carbonyl (C=O) groups excluding carboxylic acids is 1. The Morgan fingerprint density at radius 1 is 1.43 bits per heavy atom. The van der Waals surface area contributed by atoms with Crippen LogP contribution in [0.2, 0.25) is 0 Å². The molecule has 1 aromatic carbocycles. The number of nitrogens with one attached hydrogen (secondary N) is 2. The molecule has 23 heavy (non-hydrogen) atoms. The molecule has 2 heterocycles. The van der Waals surface area contributed by atoms with Crippen molar-refractivity contribution < 1.29 is 9.90 Å². The van der Waals surface area contributed by atoms with Crippen molar-refractivity contribution in [3.05, 3.63) is 30.1 Å². The minimum absolute atomic E-state index is 0.136. The van der Waals surface area contributed by atoms with Crippen molar-refractivity contribution in [1.82, 2.24) is 20.2 Å². The Kier molecular flexibility index (Phi) is 4.52. The van der Waals surface area contributed by atoms with E-state index < -0.39 is 6.10 Å². The molecule has 0 bridgehead atoms. The van der Waals surface area contributed by atoms with Crippen LogP contribution in [0.3, 0.4) is 0 Å². The van der Waals surface area contributed by atoms with Gasteiger partial charge in [-0.3, -0.25) is 0 Å². The minimum Gasteiger partial charge on any atom is -0.391 e. The molecule has 0 aliphatic carbocycles. The molecule has 6 nitrogen and oxygen atoms in total. The minimum atomic E-state index is -0.418. The number of aromatic amines is 1. The van der Waals surface area contributed by atoms with E-state index in [1.807, 2.05) is 24.3 Å². The third-order valence-electron chi connectivity index (χ3n) is 4.33. The van der Waals surface area contributed by atoms with Gasteiger partial charge in [0.05, 0.1) is 23.2 Å². The molecule has 124 valence electrons. The van der Waals surface area contributed by atoms with Crippen LogP contribution in [0.5, 0.6) is 0 Å². The van der Waals surface area contributed by atoms with Crippen molar-refractivity contribution in [3.63, 3.8) is 0 Å². The van der Waals surface area contributed by atoms with Gasteiger partial charge in [0.25, 0.3) is 0 Å². The number of urea groups is 1. The van der Waals surface area contributed by atoms with Gasteiger partial charge in [0.2, 0.25) is 0 Å². The predicted molar refractivity (Wildman–Crippen MR) is 89.0 cm³/mol. The second-order valence-electron chi connectivity index (χ2n) is 6.55. The van der Waals surface area contributed by atoms with Crippen LogP contribution in [0.4, 0.5) is 4.79 Å². The Morgan fingerprint density at radius 2 is 2.22 bits per heavy atom. The number of aliphatic hydroxyl groups excluding tert-OH is 1. The molecule has 1 aliphatic rings. The number of piperidine rings is 1. The maximum atomic E-state index is 12.5. The summed E-state index contributed by atoms with van der Waals surface area (Å²) in [6, 6.07) is 7.52. The van der Waals surface area contributed by atoms with Crippen molar-refractivity contribution in [2.24, 2.45) is 5.92 Å². The predicted octanol–water partition coefficient (Wildman–Crippen LogP) is 2.43. The van der Waals surface area contributed by atoms with Gasteiger partial charge in [0.15, 0.2) is 0 Å². The van der Waals surface area contributed by atoms with Gasteiger partial charge >= 0.3 is 6.03 Å². The number of likely N-dealkylation sites (tertiary alicyclic amines) is 1. The van der Waals surface area contributed by atoms with Gasteiger partial charge in [0.1, 0.15) is 5.82 Å². The summed E-state index contributed by atoms with van der Waals surface area (Å²) in [5.41, 5.74) is 1.87. The number of imidazole rings is 1. The lowest BCUT2D eigenvalue weighted by atomic mass is 10.0. The summed E-state index contributed by atoms with van der Waals surface area (Å²) < 4.78 is 0. The lowest BCUT2D eigenvalue weighted by molar-refractivity contribution is 0.0825. The third-order valence-corrected chi connectivity index (χ3v) is 4.33. The maximum Gasteiger partial charge on any atom is 0.318 e. The van der Waals surface area contributed by atoms with E-state index >= 15 is 0 Å². The number of amides is 2. The highest BCUT2D eigenvalue weighted by Gasteiger charge is 2.27. The van der Waals surface area contributed by atoms with E-state index in [0.717, 1.165) is 29.7 Å². The van der Waals surface area contributed by atoms with Crippen molar-refractivity contribution in [2.45, 2.75) is 38.8 Å². The summed E-state index contributed by atoms with van der Waals surface area (Å²) in [7, 11) is 0. The lowest BCUT2D eigenvalue weighted by Crippen LogP contribution is -2.48. The summed E-state index contributed by atoms with van der Waals surface area (Å²) in [5, 5.41) is 12.8. The third kappa shape index (κ3) is 3.47. The number of aromatic nitrogens is 2. The molecule has 0 saturated carbocycles. The highest BCUT2D eigenvalue weighted by molar-refractivity contribution is 5.76. The average Bonchev–Trinajstić information content (AvgIpc) is 2.95. The number of benzene rings is 1. The van der Waals surface area contributed by atoms with Gasteiger partial charge in [-0.25, -0.2) is 9.78 Å². The second kappa shape index (κ2) is 6.58. The van der Waals surface area contributed by atoms with Crippen LogP contribution in [-0.4, -0.2) is 45.2 Å². The van der Waals surface area contributed by atoms with Crippen LogP contribution >= 0.6 is 0 Å². The fourth-order valence-corrected chi connectivity index (χ4v) is 3.03. The molecule has 1 saturated heterocycles. The number of hydrogen-bond donors (Lipinski definition) is 3. The van der Waals surface area contributed by atoms with Crippen molar-refractivity contribution in [2.75, 3.05) is 13.1 Å². The first-order valence-electron chi connectivity index (χ1n) is 8.22. The van der Waals surface area contributed by atoms with Crippen LogP contribution in [0.25, 0.3) is 11.0 Å². The fraction of sp³-hybridized carbons (Fsp3) is 0.529. The van der Waals surface area contributed by atoms with E-state index in [2.05, 4.69) is 29.1 Å². The van der Waals surface area contributed by atoms with Gasteiger partial charge < -0.3 is 20.3 Å². The van der Waals surface area contributed by atoms with Crippen LogP contribution in [0.15, 0.2) is 24.3 Å². The highest BCUT2D eigenvalue weighted by atomic mass is 16.3. The lowest BCUT2D eigenvalue weighted by Gasteiger charge is -2.32. The Hall–Kier alpha value is -2.08. The zero-order valence-electron chi connectivity index (χ0n) is 13.6. The molecule has 1 aromatic heterocycles. The Morgan fingerprint density at radius 3 is 2.91 bits per heavy atom. The van der Waals surface area contributed by atoms with Gasteiger partial charge in [-0.15, -0.1) is 0 Å². The smallest absolute Gasteiger partial charge is 0.318 e. The summed E-state index contributed by atoms with van der Waals surface area (Å²) in [4.78, 5) is 22.1. The largest absolute Gasteiger partial charge is 0.391 e. The molecular weight excluding hydrogens is 292 g/mol. The number of hydrogen-bond acceptors (Lipinski definition) is 3. The molecule has 1 aliphatic heterocycles. The van der Waals surface area contributed by atoms with E-state index in [0.29, 0.717) is 13.1 Å². The first-order chi connectivity index (χ1) is 11.0. The first kappa shape index (κ1) is 15.8. The number of aliphatic hydroxyl groups is 1. The number of nitrogens with zero attached hydrogens (tertiary/aromatic N) is 2. The van der Waals surface area contributed by atoms with Crippen molar-refractivity contribution in [1.29, 1.82) is 0 Å². The molecule has 2 amide bonds.